The molecule has 3 nitrogen and oxygen atoms in total. The van der Waals surface area contributed by atoms with Gasteiger partial charge in [0.2, 0.25) is 0 Å². The van der Waals surface area contributed by atoms with Gasteiger partial charge in [-0.2, -0.15) is 0 Å². The quantitative estimate of drug-likeness (QED) is 0.155. The van der Waals surface area contributed by atoms with E-state index < -0.39 is 5.41 Å². The van der Waals surface area contributed by atoms with Gasteiger partial charge in [0.05, 0.1) is 22.0 Å². The molecule has 0 aliphatic heterocycles. The molecule has 3 heteroatoms. The summed E-state index contributed by atoms with van der Waals surface area (Å²) in [5.74, 6) is 0. The Labute approximate surface area is 402 Å². The summed E-state index contributed by atoms with van der Waals surface area (Å²) in [6, 6.07) is 90.2. The van der Waals surface area contributed by atoms with Gasteiger partial charge in [-0.3, -0.25) is 0 Å². The lowest BCUT2D eigenvalue weighted by Crippen LogP contribution is -2.28. The lowest BCUT2D eigenvalue weighted by molar-refractivity contribution is 0.660. The smallest absolute Gasteiger partial charge is 0.0788 e. The van der Waals surface area contributed by atoms with Gasteiger partial charge < -0.3 is 14.0 Å². The molecule has 12 aromatic rings. The fourth-order valence-electron chi connectivity index (χ4n) is 12.3. The van der Waals surface area contributed by atoms with Crippen molar-refractivity contribution >= 4 is 49.8 Å². The summed E-state index contributed by atoms with van der Waals surface area (Å²) < 4.78 is 4.82. The van der Waals surface area contributed by atoms with Gasteiger partial charge in [-0.15, -0.1) is 0 Å². The van der Waals surface area contributed by atoms with Crippen molar-refractivity contribution in [2.24, 2.45) is 0 Å². The molecule has 14 rings (SSSR count). The molecule has 2 heterocycles. The molecule has 0 saturated carbocycles. The predicted molar refractivity (Wildman–Crippen MR) is 287 cm³/mol. The third-order valence-corrected chi connectivity index (χ3v) is 15.4. The van der Waals surface area contributed by atoms with E-state index in [1.807, 2.05) is 0 Å². The maximum atomic E-state index is 2.51. The Morgan fingerprint density at radius 1 is 0.362 bits per heavy atom. The Morgan fingerprint density at radius 2 is 0.870 bits per heavy atom. The molecule has 69 heavy (non-hydrogen) atoms. The normalized spacial score (nSPS) is 13.9. The first-order valence-corrected chi connectivity index (χ1v) is 24.1. The van der Waals surface area contributed by atoms with E-state index in [9.17, 15) is 0 Å². The minimum atomic E-state index is -0.538. The highest BCUT2D eigenvalue weighted by molar-refractivity contribution is 6.19. The van der Waals surface area contributed by atoms with E-state index in [0.29, 0.717) is 0 Å². The number of para-hydroxylation sites is 2. The molecule has 0 bridgehead atoms. The van der Waals surface area contributed by atoms with E-state index in [0.717, 1.165) is 34.0 Å². The molecular formula is C66H47N3. The summed E-state index contributed by atoms with van der Waals surface area (Å²) in [5.41, 5.74) is 21.4. The minimum Gasteiger partial charge on any atom is -0.315 e. The summed E-state index contributed by atoms with van der Waals surface area (Å²) in [5, 5.41) is 3.61. The average Bonchev–Trinajstić information content (AvgIpc) is 4.13. The van der Waals surface area contributed by atoms with Crippen molar-refractivity contribution in [3.63, 3.8) is 0 Å². The van der Waals surface area contributed by atoms with Crippen LogP contribution in [0.4, 0.5) is 17.1 Å². The Morgan fingerprint density at radius 3 is 1.54 bits per heavy atom. The van der Waals surface area contributed by atoms with E-state index >= 15 is 0 Å². The van der Waals surface area contributed by atoms with E-state index in [1.165, 1.54) is 82.8 Å². The summed E-state index contributed by atoms with van der Waals surface area (Å²) in [6.45, 7) is 4.76. The number of rotatable bonds is 7. The monoisotopic (exact) mass is 881 g/mol. The maximum absolute atomic E-state index is 2.51. The van der Waals surface area contributed by atoms with Gasteiger partial charge in [-0.25, -0.2) is 0 Å². The highest BCUT2D eigenvalue weighted by Gasteiger charge is 2.46. The molecular weight excluding hydrogens is 835 g/mol. The van der Waals surface area contributed by atoms with Crippen molar-refractivity contribution in [2.45, 2.75) is 24.7 Å². The van der Waals surface area contributed by atoms with Crippen LogP contribution in [0.2, 0.25) is 0 Å². The lowest BCUT2D eigenvalue weighted by Gasteiger charge is -2.35. The fraction of sp³-hybridized carbons (Fsp3) is 0.0606. The third-order valence-electron chi connectivity index (χ3n) is 15.4. The maximum Gasteiger partial charge on any atom is 0.0788 e. The molecule has 0 fully saturated rings. The number of fused-ring (bicyclic) bond motifs is 11. The van der Waals surface area contributed by atoms with Gasteiger partial charge in [0.25, 0.3) is 0 Å². The molecule has 0 amide bonds. The van der Waals surface area contributed by atoms with Gasteiger partial charge in [-0.05, 0) is 128 Å². The predicted octanol–water partition coefficient (Wildman–Crippen LogP) is 16.9. The van der Waals surface area contributed by atoms with Crippen LogP contribution < -0.4 is 4.90 Å². The Bertz CT molecular complexity index is 3930. The van der Waals surface area contributed by atoms with Gasteiger partial charge in [0.15, 0.2) is 0 Å². The van der Waals surface area contributed by atoms with Crippen molar-refractivity contribution < 1.29 is 0 Å². The number of benzene rings is 10. The first-order valence-electron chi connectivity index (χ1n) is 24.1. The molecule has 2 aliphatic carbocycles. The molecule has 0 N–H and O–H groups in total. The first kappa shape index (κ1) is 39.5. The molecule has 10 aromatic carbocycles. The third kappa shape index (κ3) is 5.62. The van der Waals surface area contributed by atoms with E-state index in [4.69, 9.17) is 0 Å². The average molecular weight is 882 g/mol. The van der Waals surface area contributed by atoms with E-state index in [2.05, 4.69) is 277 Å². The van der Waals surface area contributed by atoms with Crippen LogP contribution in [0.25, 0.3) is 66.3 Å². The summed E-state index contributed by atoms with van der Waals surface area (Å²) in [6.07, 6.45) is 2.21. The summed E-state index contributed by atoms with van der Waals surface area (Å²) >= 11 is 0. The highest BCUT2D eigenvalue weighted by Crippen LogP contribution is 2.58. The van der Waals surface area contributed by atoms with Crippen molar-refractivity contribution in [2.75, 3.05) is 4.90 Å². The summed E-state index contributed by atoms with van der Waals surface area (Å²) in [4.78, 5) is 2.51. The number of anilines is 3. The number of hydrogen-bond donors (Lipinski definition) is 0. The Balaban J connectivity index is 1.06. The second-order valence-corrected chi connectivity index (χ2v) is 19.3. The Kier molecular flexibility index (Phi) is 8.54. The van der Waals surface area contributed by atoms with Crippen LogP contribution >= 0.6 is 0 Å². The fourth-order valence-corrected chi connectivity index (χ4v) is 12.3. The molecule has 0 radical (unpaired) electrons. The zero-order chi connectivity index (χ0) is 45.8. The molecule has 2 aliphatic rings. The largest absolute Gasteiger partial charge is 0.315 e. The summed E-state index contributed by atoms with van der Waals surface area (Å²) in [7, 11) is 0. The van der Waals surface area contributed by atoms with E-state index in [-0.39, 0.29) is 5.41 Å². The zero-order valence-corrected chi connectivity index (χ0v) is 38.5. The van der Waals surface area contributed by atoms with Crippen molar-refractivity contribution in [3.8, 4) is 33.6 Å². The molecule has 2 aromatic heterocycles. The molecule has 326 valence electrons. The zero-order valence-electron chi connectivity index (χ0n) is 38.5. The van der Waals surface area contributed by atoms with Crippen LogP contribution in [0.1, 0.15) is 47.2 Å². The van der Waals surface area contributed by atoms with E-state index in [1.54, 1.807) is 0 Å². The van der Waals surface area contributed by atoms with Gasteiger partial charge in [0.1, 0.15) is 0 Å². The van der Waals surface area contributed by atoms with Gasteiger partial charge >= 0.3 is 0 Å². The second kappa shape index (κ2) is 14.9. The standard InChI is InChI=1S/C66H47N3/c1-65(2)58-29-17-15-27-52(58)54-36-32-50(42-60(54)65)68(51-33-37-55-53-28-16-18-30-59(53)66(61(55)43-51,45-19-7-3-8-20-45)46-21-9-4-10-22-46)49-34-38-62-57(41-49)56-35-31-44-39-40-67(47-23-11-5-12-24-47)63(44)64(56)69(62)48-25-13-6-14-26-48/h3-43H,1-2H3. The SMILES string of the molecule is CC1(C)c2ccccc2-c2ccc(N(c3ccc4c(c3)C(c3ccccc3)(c3ccccc3)c3ccccc3-4)c3ccc4c(c3)c3ccc5ccn(-c6ccccc6)c5c3n4-c3ccccc3)cc21. The van der Waals surface area contributed by atoms with Crippen LogP contribution in [-0.2, 0) is 10.8 Å². The Hall–Kier alpha value is -8.66. The van der Waals surface area contributed by atoms with Crippen LogP contribution in [-0.4, -0.2) is 9.13 Å². The molecule has 0 atom stereocenters. The number of hydrogen-bond acceptors (Lipinski definition) is 1. The minimum absolute atomic E-state index is 0.172. The lowest BCUT2D eigenvalue weighted by atomic mass is 9.67. The van der Waals surface area contributed by atoms with Crippen molar-refractivity contribution in [1.82, 2.24) is 9.13 Å². The van der Waals surface area contributed by atoms with Crippen molar-refractivity contribution in [1.29, 1.82) is 0 Å². The van der Waals surface area contributed by atoms with Gasteiger partial charge in [-0.1, -0.05) is 184 Å². The van der Waals surface area contributed by atoms with Crippen LogP contribution in [0, 0.1) is 0 Å². The van der Waals surface area contributed by atoms with Crippen LogP contribution in [0.15, 0.2) is 249 Å². The van der Waals surface area contributed by atoms with Crippen LogP contribution in [0.3, 0.4) is 0 Å². The molecule has 0 unspecified atom stereocenters. The van der Waals surface area contributed by atoms with Crippen LogP contribution in [0.5, 0.6) is 0 Å². The first-order chi connectivity index (χ1) is 34.0. The number of nitrogens with zero attached hydrogens (tertiary/aromatic N) is 3. The second-order valence-electron chi connectivity index (χ2n) is 19.3. The van der Waals surface area contributed by atoms with Gasteiger partial charge in [0, 0.05) is 56.2 Å². The molecule has 0 spiro atoms. The topological polar surface area (TPSA) is 13.1 Å². The highest BCUT2D eigenvalue weighted by atomic mass is 15.1. The number of aromatic nitrogens is 2. The van der Waals surface area contributed by atoms with Crippen molar-refractivity contribution in [3.05, 3.63) is 282 Å². The molecule has 0 saturated heterocycles.